The Bertz CT molecular complexity index is 288. The summed E-state index contributed by atoms with van der Waals surface area (Å²) in [5, 5.41) is 7.62. The van der Waals surface area contributed by atoms with Crippen LogP contribution in [0.15, 0.2) is 12.4 Å². The zero-order chi connectivity index (χ0) is 9.97. The van der Waals surface area contributed by atoms with Gasteiger partial charge in [0.25, 0.3) is 0 Å². The van der Waals surface area contributed by atoms with Crippen LogP contribution in [0.2, 0.25) is 0 Å². The molecule has 1 aromatic rings. The molecule has 0 saturated heterocycles. The highest BCUT2D eigenvalue weighted by molar-refractivity contribution is 5.02. The Kier molecular flexibility index (Phi) is 2.87. The summed E-state index contributed by atoms with van der Waals surface area (Å²) in [6.07, 6.45) is 6.87. The summed E-state index contributed by atoms with van der Waals surface area (Å²) < 4.78 is 1.85. The number of aromatic nitrogens is 2. The summed E-state index contributed by atoms with van der Waals surface area (Å²) >= 11 is 0. The third kappa shape index (κ3) is 2.58. The van der Waals surface area contributed by atoms with E-state index in [0.29, 0.717) is 0 Å². The number of rotatable bonds is 5. The zero-order valence-electron chi connectivity index (χ0n) is 9.03. The molecule has 2 rings (SSSR count). The van der Waals surface area contributed by atoms with Gasteiger partial charge in [0.15, 0.2) is 0 Å². The van der Waals surface area contributed by atoms with Gasteiger partial charge in [-0.1, -0.05) is 6.92 Å². The van der Waals surface area contributed by atoms with Gasteiger partial charge in [-0.05, 0) is 31.2 Å². The Morgan fingerprint density at radius 3 is 3.00 bits per heavy atom. The van der Waals surface area contributed by atoms with Gasteiger partial charge in [-0.15, -0.1) is 0 Å². The van der Waals surface area contributed by atoms with E-state index in [0.717, 1.165) is 24.9 Å². The maximum absolute atomic E-state index is 4.14. The molecule has 0 radical (unpaired) electrons. The van der Waals surface area contributed by atoms with Crippen molar-refractivity contribution in [1.82, 2.24) is 15.1 Å². The maximum atomic E-state index is 4.14. The Labute approximate surface area is 85.5 Å². The van der Waals surface area contributed by atoms with Gasteiger partial charge >= 0.3 is 0 Å². The highest BCUT2D eigenvalue weighted by Gasteiger charge is 2.27. The molecule has 1 aromatic heterocycles. The fourth-order valence-corrected chi connectivity index (χ4v) is 1.84. The average Bonchev–Trinajstić information content (AvgIpc) is 2.92. The van der Waals surface area contributed by atoms with Crippen LogP contribution in [-0.2, 0) is 13.6 Å². The SMILES string of the molecule is CC(CNCc1cnn(C)c1)C1CC1. The minimum atomic E-state index is 0.840. The van der Waals surface area contributed by atoms with Crippen LogP contribution in [0.1, 0.15) is 25.3 Å². The first-order valence-electron chi connectivity index (χ1n) is 5.44. The van der Waals surface area contributed by atoms with Crippen LogP contribution in [0, 0.1) is 11.8 Å². The van der Waals surface area contributed by atoms with Gasteiger partial charge in [0.05, 0.1) is 6.20 Å². The summed E-state index contributed by atoms with van der Waals surface area (Å²) in [5.41, 5.74) is 1.27. The normalized spacial score (nSPS) is 18.4. The lowest BCUT2D eigenvalue weighted by molar-refractivity contribution is 0.461. The number of hydrogen-bond donors (Lipinski definition) is 1. The molecule has 0 aliphatic heterocycles. The lowest BCUT2D eigenvalue weighted by Gasteiger charge is -2.10. The van der Waals surface area contributed by atoms with Crippen LogP contribution in [-0.4, -0.2) is 16.3 Å². The van der Waals surface area contributed by atoms with E-state index in [9.17, 15) is 0 Å². The van der Waals surface area contributed by atoms with E-state index in [1.54, 1.807) is 0 Å². The molecule has 1 aliphatic rings. The molecule has 1 fully saturated rings. The van der Waals surface area contributed by atoms with E-state index in [-0.39, 0.29) is 0 Å². The van der Waals surface area contributed by atoms with Crippen LogP contribution < -0.4 is 5.32 Å². The minimum Gasteiger partial charge on any atom is -0.312 e. The first kappa shape index (κ1) is 9.71. The standard InChI is InChI=1S/C11H19N3/c1-9(11-3-4-11)5-12-6-10-7-13-14(2)8-10/h7-9,11-12H,3-6H2,1-2H3. The fourth-order valence-electron chi connectivity index (χ4n) is 1.84. The van der Waals surface area contributed by atoms with Crippen LogP contribution >= 0.6 is 0 Å². The Morgan fingerprint density at radius 2 is 2.43 bits per heavy atom. The van der Waals surface area contributed by atoms with Gasteiger partial charge in [0.2, 0.25) is 0 Å². The summed E-state index contributed by atoms with van der Waals surface area (Å²) in [6.45, 7) is 4.43. The molecule has 1 heterocycles. The van der Waals surface area contributed by atoms with E-state index < -0.39 is 0 Å². The predicted molar refractivity (Wildman–Crippen MR) is 56.8 cm³/mol. The monoisotopic (exact) mass is 193 g/mol. The molecule has 0 amide bonds. The van der Waals surface area contributed by atoms with Gasteiger partial charge in [-0.25, -0.2) is 0 Å². The molecule has 1 unspecified atom stereocenters. The summed E-state index contributed by atoms with van der Waals surface area (Å²) in [6, 6.07) is 0. The van der Waals surface area contributed by atoms with Gasteiger partial charge < -0.3 is 5.32 Å². The Hall–Kier alpha value is -0.830. The van der Waals surface area contributed by atoms with Crippen LogP contribution in [0.25, 0.3) is 0 Å². The zero-order valence-corrected chi connectivity index (χ0v) is 9.03. The molecule has 0 spiro atoms. The Morgan fingerprint density at radius 1 is 1.64 bits per heavy atom. The highest BCUT2D eigenvalue weighted by atomic mass is 15.2. The first-order chi connectivity index (χ1) is 6.75. The van der Waals surface area contributed by atoms with Crippen molar-refractivity contribution in [3.05, 3.63) is 18.0 Å². The van der Waals surface area contributed by atoms with Crippen molar-refractivity contribution in [2.24, 2.45) is 18.9 Å². The van der Waals surface area contributed by atoms with Crippen LogP contribution in [0.5, 0.6) is 0 Å². The van der Waals surface area contributed by atoms with Gasteiger partial charge in [0, 0.05) is 25.4 Å². The third-order valence-corrected chi connectivity index (χ3v) is 2.98. The number of hydrogen-bond acceptors (Lipinski definition) is 2. The summed E-state index contributed by atoms with van der Waals surface area (Å²) in [7, 11) is 1.95. The molecule has 3 nitrogen and oxygen atoms in total. The van der Waals surface area contributed by atoms with Crippen molar-refractivity contribution in [2.75, 3.05) is 6.54 Å². The van der Waals surface area contributed by atoms with Crippen molar-refractivity contribution in [3.63, 3.8) is 0 Å². The number of nitrogens with one attached hydrogen (secondary N) is 1. The highest BCUT2D eigenvalue weighted by Crippen LogP contribution is 2.36. The second-order valence-corrected chi connectivity index (χ2v) is 4.47. The largest absolute Gasteiger partial charge is 0.312 e. The second kappa shape index (κ2) is 4.13. The molecule has 14 heavy (non-hydrogen) atoms. The van der Waals surface area contributed by atoms with E-state index in [4.69, 9.17) is 0 Å². The van der Waals surface area contributed by atoms with E-state index >= 15 is 0 Å². The Balaban J connectivity index is 1.67. The summed E-state index contributed by atoms with van der Waals surface area (Å²) in [4.78, 5) is 0. The molecule has 1 saturated carbocycles. The molecule has 78 valence electrons. The molecule has 3 heteroatoms. The molecule has 0 bridgehead atoms. The van der Waals surface area contributed by atoms with Crippen LogP contribution in [0.3, 0.4) is 0 Å². The summed E-state index contributed by atoms with van der Waals surface area (Å²) in [5.74, 6) is 1.84. The molecular formula is C11H19N3. The van der Waals surface area contributed by atoms with Crippen molar-refractivity contribution < 1.29 is 0 Å². The van der Waals surface area contributed by atoms with Crippen molar-refractivity contribution >= 4 is 0 Å². The van der Waals surface area contributed by atoms with E-state index in [1.165, 1.54) is 18.4 Å². The van der Waals surface area contributed by atoms with Crippen LogP contribution in [0.4, 0.5) is 0 Å². The lowest BCUT2D eigenvalue weighted by Crippen LogP contribution is -2.21. The molecular weight excluding hydrogens is 174 g/mol. The fraction of sp³-hybridized carbons (Fsp3) is 0.727. The topological polar surface area (TPSA) is 29.9 Å². The van der Waals surface area contributed by atoms with E-state index in [2.05, 4.69) is 23.5 Å². The molecule has 1 N–H and O–H groups in total. The minimum absolute atomic E-state index is 0.840. The predicted octanol–water partition coefficient (Wildman–Crippen LogP) is 1.56. The average molecular weight is 193 g/mol. The smallest absolute Gasteiger partial charge is 0.0534 e. The van der Waals surface area contributed by atoms with E-state index in [1.807, 2.05) is 17.9 Å². The maximum Gasteiger partial charge on any atom is 0.0534 e. The quantitative estimate of drug-likeness (QED) is 0.769. The van der Waals surface area contributed by atoms with Crippen molar-refractivity contribution in [1.29, 1.82) is 0 Å². The third-order valence-electron chi connectivity index (χ3n) is 2.98. The first-order valence-corrected chi connectivity index (χ1v) is 5.44. The molecule has 1 aliphatic carbocycles. The van der Waals surface area contributed by atoms with Gasteiger partial charge in [-0.3, -0.25) is 4.68 Å². The molecule has 1 atom stereocenters. The lowest BCUT2D eigenvalue weighted by atomic mass is 10.1. The molecule has 0 aromatic carbocycles. The second-order valence-electron chi connectivity index (χ2n) is 4.47. The number of aryl methyl sites for hydroxylation is 1. The van der Waals surface area contributed by atoms with Crippen molar-refractivity contribution in [3.8, 4) is 0 Å². The van der Waals surface area contributed by atoms with Crippen molar-refractivity contribution in [2.45, 2.75) is 26.3 Å². The number of nitrogens with zero attached hydrogens (tertiary/aromatic N) is 2. The van der Waals surface area contributed by atoms with Gasteiger partial charge in [-0.2, -0.15) is 5.10 Å². The van der Waals surface area contributed by atoms with Gasteiger partial charge in [0.1, 0.15) is 0 Å².